The van der Waals surface area contributed by atoms with E-state index in [9.17, 15) is 0 Å². The van der Waals surface area contributed by atoms with Gasteiger partial charge in [-0.2, -0.15) is 9.15 Å². The smallest absolute Gasteiger partial charge is 0.469 e. The van der Waals surface area contributed by atoms with Crippen LogP contribution in [0, 0.1) is 0 Å². The molecule has 0 aliphatic heterocycles. The van der Waals surface area contributed by atoms with E-state index in [1.165, 1.54) is 14.2 Å². The largest absolute Gasteiger partial charge is 0.877 e. The van der Waals surface area contributed by atoms with E-state index in [4.69, 9.17) is 27.8 Å². The zero-order chi connectivity index (χ0) is 15.0. The van der Waals surface area contributed by atoms with Gasteiger partial charge in [0, 0.05) is 0 Å². The fourth-order valence-electron chi connectivity index (χ4n) is 1.57. The Morgan fingerprint density at radius 1 is 0.619 bits per heavy atom. The normalized spacial score (nSPS) is 11.1. The van der Waals surface area contributed by atoms with Crippen molar-refractivity contribution in [2.45, 2.75) is 0 Å². The molecule has 0 saturated heterocycles. The monoisotopic (exact) mass is 308 g/mol. The molecule has 7 heteroatoms. The molecule has 0 atom stereocenters. The Labute approximate surface area is 124 Å². The molecule has 21 heavy (non-hydrogen) atoms. The molecule has 0 aromatic heterocycles. The van der Waals surface area contributed by atoms with Crippen LogP contribution in [0.5, 0.6) is 11.5 Å². The first-order valence-electron chi connectivity index (χ1n) is 6.20. The van der Waals surface area contributed by atoms with Gasteiger partial charge in [0.1, 0.15) is 11.5 Å². The van der Waals surface area contributed by atoms with Crippen molar-refractivity contribution in [2.24, 2.45) is 0 Å². The Balaban J connectivity index is 2.23. The maximum Gasteiger partial charge on any atom is 0.877 e. The van der Waals surface area contributed by atoms with E-state index in [0.29, 0.717) is 11.5 Å². The summed E-state index contributed by atoms with van der Waals surface area (Å²) in [7, 11) is -1.05. The topological polar surface area (TPSA) is 55.4 Å². The van der Waals surface area contributed by atoms with Gasteiger partial charge in [-0.3, -0.25) is 0 Å². The summed E-state index contributed by atoms with van der Waals surface area (Å²) in [6.07, 6.45) is 0. The van der Waals surface area contributed by atoms with Gasteiger partial charge in [0.25, 0.3) is 0 Å². The summed E-state index contributed by atoms with van der Waals surface area (Å²) in [5.74, 6) is 1.02. The zero-order valence-corrected chi connectivity index (χ0v) is 12.7. The Bertz CT molecular complexity index is 472. The van der Waals surface area contributed by atoms with Gasteiger partial charge < -0.3 is 8.85 Å². The van der Waals surface area contributed by atoms with Gasteiger partial charge in [0.05, 0.1) is 14.2 Å². The van der Waals surface area contributed by atoms with Gasteiger partial charge in [0.15, 0.2) is 0 Å². The van der Waals surface area contributed by atoms with Crippen LogP contribution in [-0.4, -0.2) is 23.3 Å². The first-order valence-corrected chi connectivity index (χ1v) is 7.83. The Morgan fingerprint density at radius 2 is 1.00 bits per heavy atom. The summed E-state index contributed by atoms with van der Waals surface area (Å²) in [6.45, 7) is 0. The zero-order valence-electron chi connectivity index (χ0n) is 11.7. The standard InChI is InChI=1S/C14H16O6Si/c1-15-19-21(20-16-2,17-13-9-5-3-6-10-13)18-14-11-7-4-8-12-14/h3-12H,1-2H3. The molecule has 112 valence electrons. The third-order valence-corrected chi connectivity index (χ3v) is 4.06. The third kappa shape index (κ3) is 4.55. The second kappa shape index (κ2) is 7.77. The van der Waals surface area contributed by atoms with Crippen LogP contribution in [0.4, 0.5) is 0 Å². The molecule has 0 spiro atoms. The maximum atomic E-state index is 5.71. The van der Waals surface area contributed by atoms with Gasteiger partial charge in [-0.1, -0.05) is 36.4 Å². The molecule has 6 nitrogen and oxygen atoms in total. The molecular weight excluding hydrogens is 292 g/mol. The number of hydrogen-bond donors (Lipinski definition) is 0. The van der Waals surface area contributed by atoms with Crippen molar-refractivity contribution in [3.63, 3.8) is 0 Å². The Kier molecular flexibility index (Phi) is 5.73. The summed E-state index contributed by atoms with van der Waals surface area (Å²) in [4.78, 5) is 9.42. The second-order valence-electron chi connectivity index (χ2n) is 3.83. The van der Waals surface area contributed by atoms with E-state index in [-0.39, 0.29) is 0 Å². The summed E-state index contributed by atoms with van der Waals surface area (Å²) in [6, 6.07) is 18.0. The molecule has 0 radical (unpaired) electrons. The van der Waals surface area contributed by atoms with Crippen molar-refractivity contribution in [3.8, 4) is 11.5 Å². The average molecular weight is 308 g/mol. The molecule has 2 aromatic rings. The second-order valence-corrected chi connectivity index (χ2v) is 5.57. The lowest BCUT2D eigenvalue weighted by Crippen LogP contribution is -2.54. The predicted octanol–water partition coefficient (Wildman–Crippen LogP) is 2.74. The van der Waals surface area contributed by atoms with Crippen molar-refractivity contribution >= 4 is 9.05 Å². The highest BCUT2D eigenvalue weighted by atomic mass is 28.4. The van der Waals surface area contributed by atoms with E-state index >= 15 is 0 Å². The molecule has 0 heterocycles. The van der Waals surface area contributed by atoms with Crippen molar-refractivity contribution < 1.29 is 27.8 Å². The third-order valence-electron chi connectivity index (χ3n) is 2.34. The van der Waals surface area contributed by atoms with E-state index in [1.807, 2.05) is 36.4 Å². The van der Waals surface area contributed by atoms with Gasteiger partial charge in [0.2, 0.25) is 0 Å². The molecule has 0 bridgehead atoms. The maximum absolute atomic E-state index is 5.71. The minimum absolute atomic E-state index is 0.509. The number of hydrogen-bond acceptors (Lipinski definition) is 6. The quantitative estimate of drug-likeness (QED) is 0.424. The molecule has 0 saturated carbocycles. The fourth-order valence-corrected chi connectivity index (χ4v) is 3.04. The lowest BCUT2D eigenvalue weighted by Gasteiger charge is -2.24. The SMILES string of the molecule is COO[Si](OOC)(Oc1ccccc1)Oc1ccccc1. The van der Waals surface area contributed by atoms with Crippen LogP contribution in [-0.2, 0) is 18.9 Å². The molecule has 0 N–H and O–H groups in total. The molecule has 0 aliphatic carbocycles. The van der Waals surface area contributed by atoms with Crippen molar-refractivity contribution in [2.75, 3.05) is 14.2 Å². The van der Waals surface area contributed by atoms with Crippen molar-refractivity contribution in [1.82, 2.24) is 0 Å². The summed E-state index contributed by atoms with van der Waals surface area (Å²) < 4.78 is 21.7. The van der Waals surface area contributed by atoms with Crippen LogP contribution in [0.25, 0.3) is 0 Å². The van der Waals surface area contributed by atoms with E-state index in [2.05, 4.69) is 0 Å². The van der Waals surface area contributed by atoms with E-state index in [1.54, 1.807) is 24.3 Å². The lowest BCUT2D eigenvalue weighted by atomic mass is 10.3. The van der Waals surface area contributed by atoms with Crippen LogP contribution < -0.4 is 8.85 Å². The van der Waals surface area contributed by atoms with Gasteiger partial charge >= 0.3 is 9.05 Å². The summed E-state index contributed by atoms with van der Waals surface area (Å²) >= 11 is 0. The van der Waals surface area contributed by atoms with Crippen molar-refractivity contribution in [1.29, 1.82) is 0 Å². The average Bonchev–Trinajstić information content (AvgIpc) is 2.50. The van der Waals surface area contributed by atoms with E-state index in [0.717, 1.165) is 0 Å². The van der Waals surface area contributed by atoms with Gasteiger partial charge in [-0.05, 0) is 24.3 Å². The minimum atomic E-state index is -3.72. The first kappa shape index (κ1) is 15.5. The predicted molar refractivity (Wildman–Crippen MR) is 76.1 cm³/mol. The molecule has 2 rings (SSSR count). The molecule has 0 aliphatic rings. The highest BCUT2D eigenvalue weighted by Crippen LogP contribution is 2.22. The van der Waals surface area contributed by atoms with Crippen LogP contribution >= 0.6 is 0 Å². The molecular formula is C14H16O6Si. The number of para-hydroxylation sites is 2. The molecule has 2 aromatic carbocycles. The Morgan fingerprint density at radius 3 is 1.33 bits per heavy atom. The van der Waals surface area contributed by atoms with Crippen LogP contribution in [0.15, 0.2) is 60.7 Å². The van der Waals surface area contributed by atoms with Crippen LogP contribution in [0.1, 0.15) is 0 Å². The highest BCUT2D eigenvalue weighted by Gasteiger charge is 2.56. The molecule has 0 amide bonds. The minimum Gasteiger partial charge on any atom is -0.469 e. The summed E-state index contributed by atoms with van der Waals surface area (Å²) in [5, 5.41) is 0. The van der Waals surface area contributed by atoms with E-state index < -0.39 is 9.05 Å². The molecule has 0 unspecified atom stereocenters. The van der Waals surface area contributed by atoms with Crippen LogP contribution in [0.2, 0.25) is 0 Å². The number of rotatable bonds is 8. The Hall–Kier alpha value is -1.90. The summed E-state index contributed by atoms with van der Waals surface area (Å²) in [5.41, 5.74) is 0. The molecule has 0 fully saturated rings. The number of benzene rings is 2. The fraction of sp³-hybridized carbons (Fsp3) is 0.143. The van der Waals surface area contributed by atoms with Crippen LogP contribution in [0.3, 0.4) is 0 Å². The lowest BCUT2D eigenvalue weighted by molar-refractivity contribution is -0.305. The van der Waals surface area contributed by atoms with Crippen molar-refractivity contribution in [3.05, 3.63) is 60.7 Å². The first-order chi connectivity index (χ1) is 10.3. The van der Waals surface area contributed by atoms with Gasteiger partial charge in [-0.15, -0.1) is 0 Å². The van der Waals surface area contributed by atoms with Gasteiger partial charge in [-0.25, -0.2) is 9.78 Å². The highest BCUT2D eigenvalue weighted by molar-refractivity contribution is 6.54.